The molecule has 0 aromatic heterocycles. The Morgan fingerprint density at radius 1 is 1.45 bits per heavy atom. The van der Waals surface area contributed by atoms with Crippen LogP contribution in [0.3, 0.4) is 0 Å². The summed E-state index contributed by atoms with van der Waals surface area (Å²) in [6.45, 7) is 6.78. The molecule has 1 aromatic rings. The predicted octanol–water partition coefficient (Wildman–Crippen LogP) is 2.96. The molecule has 0 radical (unpaired) electrons. The van der Waals surface area contributed by atoms with E-state index in [4.69, 9.17) is 4.74 Å². The van der Waals surface area contributed by atoms with Gasteiger partial charge in [0.1, 0.15) is 5.75 Å². The van der Waals surface area contributed by atoms with Gasteiger partial charge in [0.2, 0.25) is 0 Å². The van der Waals surface area contributed by atoms with Gasteiger partial charge in [-0.15, -0.1) is 0 Å². The van der Waals surface area contributed by atoms with Gasteiger partial charge in [-0.05, 0) is 61.9 Å². The molecule has 0 unspecified atom stereocenters. The van der Waals surface area contributed by atoms with Crippen molar-refractivity contribution in [2.24, 2.45) is 17.8 Å². The van der Waals surface area contributed by atoms with Crippen LogP contribution in [0.1, 0.15) is 32.3 Å². The molecular formula is C18H27NO3. The summed E-state index contributed by atoms with van der Waals surface area (Å²) in [5, 5.41) is 12.8. The van der Waals surface area contributed by atoms with Gasteiger partial charge in [-0.2, -0.15) is 0 Å². The summed E-state index contributed by atoms with van der Waals surface area (Å²) in [7, 11) is 0. The Bertz CT molecular complexity index is 481. The van der Waals surface area contributed by atoms with E-state index in [-0.39, 0.29) is 11.8 Å². The topological polar surface area (TPSA) is 58.6 Å². The van der Waals surface area contributed by atoms with Gasteiger partial charge in [0.25, 0.3) is 0 Å². The van der Waals surface area contributed by atoms with Gasteiger partial charge in [0, 0.05) is 0 Å². The highest BCUT2D eigenvalue weighted by Crippen LogP contribution is 2.25. The molecule has 1 aliphatic rings. The fourth-order valence-corrected chi connectivity index (χ4v) is 2.90. The number of rotatable bonds is 8. The van der Waals surface area contributed by atoms with Crippen LogP contribution in [-0.4, -0.2) is 30.8 Å². The molecule has 1 aromatic carbocycles. The van der Waals surface area contributed by atoms with E-state index in [0.29, 0.717) is 18.9 Å². The lowest BCUT2D eigenvalue weighted by molar-refractivity contribution is -0.143. The summed E-state index contributed by atoms with van der Waals surface area (Å²) in [4.78, 5) is 11.6. The minimum absolute atomic E-state index is 0.225. The Balaban J connectivity index is 1.97. The molecule has 0 saturated carbocycles. The average Bonchev–Trinajstić information content (AvgIpc) is 2.98. The second kappa shape index (κ2) is 8.18. The van der Waals surface area contributed by atoms with E-state index < -0.39 is 5.97 Å². The van der Waals surface area contributed by atoms with Crippen LogP contribution in [0.25, 0.3) is 0 Å². The second-order valence-electron chi connectivity index (χ2n) is 6.58. The van der Waals surface area contributed by atoms with Gasteiger partial charge in [0.15, 0.2) is 0 Å². The average molecular weight is 305 g/mol. The fraction of sp³-hybridized carbons (Fsp3) is 0.611. The Hall–Kier alpha value is -1.55. The van der Waals surface area contributed by atoms with Crippen molar-refractivity contribution in [1.29, 1.82) is 0 Å². The molecule has 22 heavy (non-hydrogen) atoms. The maximum atomic E-state index is 11.6. The van der Waals surface area contributed by atoms with Crippen LogP contribution in [0.2, 0.25) is 0 Å². The van der Waals surface area contributed by atoms with Crippen molar-refractivity contribution in [2.75, 3.05) is 19.7 Å². The Morgan fingerprint density at radius 2 is 2.27 bits per heavy atom. The lowest BCUT2D eigenvalue weighted by Gasteiger charge is -2.19. The molecule has 122 valence electrons. The zero-order valence-corrected chi connectivity index (χ0v) is 13.5. The molecule has 2 N–H and O–H groups in total. The molecule has 4 heteroatoms. The van der Waals surface area contributed by atoms with Gasteiger partial charge in [0.05, 0.1) is 12.5 Å². The standard InChI is InChI=1S/C18H27NO3/c1-13(2)7-9-22-16-5-3-4-14(10-16)11-17(18(20)21)15-6-8-19-12-15/h3-5,10,13,15,17,19H,6-9,11-12H2,1-2H3,(H,20,21)/t15-,17-/m0/s1. The third-order valence-corrected chi connectivity index (χ3v) is 4.30. The minimum Gasteiger partial charge on any atom is -0.494 e. The van der Waals surface area contributed by atoms with Gasteiger partial charge in [-0.1, -0.05) is 26.0 Å². The molecule has 0 amide bonds. The Morgan fingerprint density at radius 3 is 2.91 bits per heavy atom. The number of ether oxygens (including phenoxy) is 1. The molecule has 0 spiro atoms. The molecule has 1 heterocycles. The van der Waals surface area contributed by atoms with E-state index in [2.05, 4.69) is 19.2 Å². The lowest BCUT2D eigenvalue weighted by atomic mass is 9.86. The first-order valence-electron chi connectivity index (χ1n) is 8.21. The molecule has 1 fully saturated rings. The highest BCUT2D eigenvalue weighted by atomic mass is 16.5. The molecule has 0 aliphatic carbocycles. The van der Waals surface area contributed by atoms with Crippen molar-refractivity contribution in [3.8, 4) is 5.75 Å². The number of carboxylic acid groups (broad SMARTS) is 1. The number of nitrogens with one attached hydrogen (secondary N) is 1. The van der Waals surface area contributed by atoms with Gasteiger partial charge < -0.3 is 15.2 Å². The molecule has 1 aliphatic heterocycles. The number of benzene rings is 1. The maximum absolute atomic E-state index is 11.6. The van der Waals surface area contributed by atoms with Crippen LogP contribution in [0.4, 0.5) is 0 Å². The minimum atomic E-state index is -0.695. The summed E-state index contributed by atoms with van der Waals surface area (Å²) in [5.41, 5.74) is 1.04. The molecule has 2 atom stereocenters. The van der Waals surface area contributed by atoms with Crippen molar-refractivity contribution < 1.29 is 14.6 Å². The zero-order valence-electron chi connectivity index (χ0n) is 13.5. The first-order chi connectivity index (χ1) is 10.6. The first kappa shape index (κ1) is 16.8. The third kappa shape index (κ3) is 5.02. The van der Waals surface area contributed by atoms with E-state index in [0.717, 1.165) is 37.2 Å². The Kier molecular flexibility index (Phi) is 6.25. The van der Waals surface area contributed by atoms with Crippen LogP contribution < -0.4 is 10.1 Å². The van der Waals surface area contributed by atoms with Crippen LogP contribution in [0.15, 0.2) is 24.3 Å². The number of hydrogen-bond acceptors (Lipinski definition) is 3. The molecule has 1 saturated heterocycles. The third-order valence-electron chi connectivity index (χ3n) is 4.30. The normalized spacial score (nSPS) is 19.3. The smallest absolute Gasteiger partial charge is 0.307 e. The van der Waals surface area contributed by atoms with E-state index in [1.807, 2.05) is 24.3 Å². The van der Waals surface area contributed by atoms with Gasteiger partial charge in [-0.3, -0.25) is 4.79 Å². The zero-order chi connectivity index (χ0) is 15.9. The van der Waals surface area contributed by atoms with Crippen molar-refractivity contribution >= 4 is 5.97 Å². The van der Waals surface area contributed by atoms with Crippen LogP contribution >= 0.6 is 0 Å². The first-order valence-corrected chi connectivity index (χ1v) is 8.21. The highest BCUT2D eigenvalue weighted by Gasteiger charge is 2.30. The quantitative estimate of drug-likeness (QED) is 0.775. The number of aliphatic carboxylic acids is 1. The predicted molar refractivity (Wildman–Crippen MR) is 87.2 cm³/mol. The summed E-state index contributed by atoms with van der Waals surface area (Å²) in [6, 6.07) is 7.87. The second-order valence-corrected chi connectivity index (χ2v) is 6.58. The summed E-state index contributed by atoms with van der Waals surface area (Å²) in [6.07, 6.45) is 2.54. The van der Waals surface area contributed by atoms with Crippen molar-refractivity contribution in [1.82, 2.24) is 5.32 Å². The highest BCUT2D eigenvalue weighted by molar-refractivity contribution is 5.71. The van der Waals surface area contributed by atoms with Gasteiger partial charge in [-0.25, -0.2) is 0 Å². The van der Waals surface area contributed by atoms with Crippen LogP contribution in [0, 0.1) is 17.8 Å². The monoisotopic (exact) mass is 305 g/mol. The number of carbonyl (C=O) groups is 1. The fourth-order valence-electron chi connectivity index (χ4n) is 2.90. The Labute approximate surface area is 132 Å². The van der Waals surface area contributed by atoms with Crippen molar-refractivity contribution in [3.63, 3.8) is 0 Å². The molecule has 0 bridgehead atoms. The summed E-state index contributed by atoms with van der Waals surface area (Å²) in [5.74, 6) is 0.671. The van der Waals surface area contributed by atoms with Crippen molar-refractivity contribution in [2.45, 2.75) is 33.1 Å². The molecule has 2 rings (SSSR count). The summed E-state index contributed by atoms with van der Waals surface area (Å²) < 4.78 is 5.77. The summed E-state index contributed by atoms with van der Waals surface area (Å²) >= 11 is 0. The van der Waals surface area contributed by atoms with Crippen LogP contribution in [-0.2, 0) is 11.2 Å². The molecular weight excluding hydrogens is 278 g/mol. The van der Waals surface area contributed by atoms with Crippen molar-refractivity contribution in [3.05, 3.63) is 29.8 Å². The van der Waals surface area contributed by atoms with Gasteiger partial charge >= 0.3 is 5.97 Å². The number of carboxylic acids is 1. The van der Waals surface area contributed by atoms with E-state index in [1.165, 1.54) is 0 Å². The van der Waals surface area contributed by atoms with E-state index in [9.17, 15) is 9.90 Å². The number of hydrogen-bond donors (Lipinski definition) is 2. The SMILES string of the molecule is CC(C)CCOc1cccc(C[C@H](C(=O)O)[C@H]2CCNC2)c1. The maximum Gasteiger partial charge on any atom is 0.307 e. The van der Waals surface area contributed by atoms with E-state index >= 15 is 0 Å². The molecule has 4 nitrogen and oxygen atoms in total. The van der Waals surface area contributed by atoms with Crippen LogP contribution in [0.5, 0.6) is 5.75 Å². The van der Waals surface area contributed by atoms with E-state index in [1.54, 1.807) is 0 Å². The lowest BCUT2D eigenvalue weighted by Crippen LogP contribution is -2.27. The largest absolute Gasteiger partial charge is 0.494 e.